The molecule has 1 aromatic rings. The van der Waals surface area contributed by atoms with E-state index in [2.05, 4.69) is 6.92 Å². The second-order valence-corrected chi connectivity index (χ2v) is 5.20. The fourth-order valence-corrected chi connectivity index (χ4v) is 2.62. The summed E-state index contributed by atoms with van der Waals surface area (Å²) in [6.45, 7) is 2.20. The zero-order valence-electron chi connectivity index (χ0n) is 11.6. The summed E-state index contributed by atoms with van der Waals surface area (Å²) in [7, 11) is 0. The highest BCUT2D eigenvalue weighted by Gasteiger charge is 2.38. The molecule has 101 valence electrons. The lowest BCUT2D eigenvalue weighted by Crippen LogP contribution is -2.12. The van der Waals surface area contributed by atoms with E-state index in [0.29, 0.717) is 23.5 Å². The zero-order valence-corrected chi connectivity index (χ0v) is 11.6. The van der Waals surface area contributed by atoms with Crippen molar-refractivity contribution in [1.29, 1.82) is 0 Å². The Morgan fingerprint density at radius 3 is 1.89 bits per heavy atom. The second kappa shape index (κ2) is 6.65. The first-order valence-corrected chi connectivity index (χ1v) is 7.30. The molecule has 2 heteroatoms. The molecule has 2 nitrogen and oxygen atoms in total. The van der Waals surface area contributed by atoms with Crippen molar-refractivity contribution < 1.29 is 9.59 Å². The number of hydrogen-bond donors (Lipinski definition) is 0. The van der Waals surface area contributed by atoms with Crippen molar-refractivity contribution in [3.05, 3.63) is 41.3 Å². The molecular formula is C17H21O2. The van der Waals surface area contributed by atoms with Gasteiger partial charge in [-0.2, -0.15) is 0 Å². The van der Waals surface area contributed by atoms with Crippen molar-refractivity contribution in [2.45, 2.75) is 51.9 Å². The van der Waals surface area contributed by atoms with E-state index < -0.39 is 0 Å². The van der Waals surface area contributed by atoms with E-state index in [-0.39, 0.29) is 11.6 Å². The van der Waals surface area contributed by atoms with Crippen LogP contribution in [-0.4, -0.2) is 11.6 Å². The van der Waals surface area contributed by atoms with Gasteiger partial charge in [-0.3, -0.25) is 9.59 Å². The van der Waals surface area contributed by atoms with Gasteiger partial charge in [0.05, 0.1) is 0 Å². The Bertz CT molecular complexity index is 427. The maximum absolute atomic E-state index is 12.1. The summed E-state index contributed by atoms with van der Waals surface area (Å²) >= 11 is 0. The van der Waals surface area contributed by atoms with Gasteiger partial charge in [-0.1, -0.05) is 69.7 Å². The van der Waals surface area contributed by atoms with Crippen LogP contribution in [0.5, 0.6) is 0 Å². The number of benzene rings is 1. The van der Waals surface area contributed by atoms with Crippen LogP contribution in [-0.2, 0) is 0 Å². The zero-order chi connectivity index (χ0) is 13.7. The minimum Gasteiger partial charge on any atom is -0.293 e. The van der Waals surface area contributed by atoms with E-state index in [4.69, 9.17) is 0 Å². The molecule has 0 atom stereocenters. The average Bonchev–Trinajstić information content (AvgIpc) is 2.68. The first-order chi connectivity index (χ1) is 9.25. The number of rotatable bonds is 7. The van der Waals surface area contributed by atoms with E-state index in [0.717, 1.165) is 12.8 Å². The molecule has 0 fully saturated rings. The van der Waals surface area contributed by atoms with E-state index >= 15 is 0 Å². The molecule has 1 radical (unpaired) electrons. The first kappa shape index (κ1) is 14.0. The van der Waals surface area contributed by atoms with Crippen LogP contribution >= 0.6 is 0 Å². The molecule has 1 aromatic carbocycles. The van der Waals surface area contributed by atoms with Crippen molar-refractivity contribution in [2.75, 3.05) is 0 Å². The Hall–Kier alpha value is -1.44. The molecule has 1 aliphatic carbocycles. The van der Waals surface area contributed by atoms with Crippen molar-refractivity contribution >= 4 is 11.6 Å². The van der Waals surface area contributed by atoms with E-state index in [1.165, 1.54) is 25.7 Å². The maximum Gasteiger partial charge on any atom is 0.179 e. The van der Waals surface area contributed by atoms with E-state index in [1.807, 2.05) is 12.1 Å². The smallest absolute Gasteiger partial charge is 0.179 e. The van der Waals surface area contributed by atoms with Gasteiger partial charge in [-0.05, 0) is 6.42 Å². The van der Waals surface area contributed by atoms with Gasteiger partial charge in [0.15, 0.2) is 11.6 Å². The van der Waals surface area contributed by atoms with Crippen molar-refractivity contribution in [2.24, 2.45) is 0 Å². The van der Waals surface area contributed by atoms with Crippen molar-refractivity contribution in [3.8, 4) is 0 Å². The minimum absolute atomic E-state index is 0.0471. The van der Waals surface area contributed by atoms with Gasteiger partial charge < -0.3 is 0 Å². The summed E-state index contributed by atoms with van der Waals surface area (Å²) in [5, 5.41) is 0. The molecular weight excluding hydrogens is 236 g/mol. The van der Waals surface area contributed by atoms with Gasteiger partial charge in [0, 0.05) is 11.1 Å². The number of unbranched alkanes of at least 4 members (excludes halogenated alkanes) is 5. The number of ketones is 2. The number of fused-ring (bicyclic) bond motifs is 1. The molecule has 19 heavy (non-hydrogen) atoms. The fourth-order valence-electron chi connectivity index (χ4n) is 2.62. The Balaban J connectivity index is 1.83. The largest absolute Gasteiger partial charge is 0.293 e. The number of carbonyl (C=O) groups excluding carboxylic acids is 2. The molecule has 0 unspecified atom stereocenters. The standard InChI is InChI=1S/C17H21O2/c1-2-3-4-5-6-7-12-15-16(18)13-10-8-9-11-14(13)17(15)19/h8-11H,2-7,12H2,1H3. The molecule has 0 spiro atoms. The molecule has 0 amide bonds. The molecule has 0 aromatic heterocycles. The van der Waals surface area contributed by atoms with Crippen LogP contribution in [0.2, 0.25) is 0 Å². The molecule has 0 saturated carbocycles. The van der Waals surface area contributed by atoms with Gasteiger partial charge >= 0.3 is 0 Å². The minimum atomic E-state index is -0.0471. The summed E-state index contributed by atoms with van der Waals surface area (Å²) in [4.78, 5) is 24.2. The van der Waals surface area contributed by atoms with Crippen LogP contribution in [0, 0.1) is 5.92 Å². The molecule has 0 saturated heterocycles. The molecule has 0 aliphatic heterocycles. The van der Waals surface area contributed by atoms with Gasteiger partial charge in [-0.25, -0.2) is 0 Å². The van der Waals surface area contributed by atoms with Crippen LogP contribution in [0.4, 0.5) is 0 Å². The lowest BCUT2D eigenvalue weighted by molar-refractivity contribution is 0.0943. The highest BCUT2D eigenvalue weighted by molar-refractivity contribution is 6.36. The van der Waals surface area contributed by atoms with Crippen molar-refractivity contribution in [3.63, 3.8) is 0 Å². The maximum atomic E-state index is 12.1. The quantitative estimate of drug-likeness (QED) is 0.679. The first-order valence-electron chi connectivity index (χ1n) is 7.30. The van der Waals surface area contributed by atoms with Gasteiger partial charge in [0.25, 0.3) is 0 Å². The predicted molar refractivity (Wildman–Crippen MR) is 76.3 cm³/mol. The normalized spacial score (nSPS) is 15.0. The summed E-state index contributed by atoms with van der Waals surface area (Å²) in [6, 6.07) is 7.14. The van der Waals surface area contributed by atoms with Crippen molar-refractivity contribution in [1.82, 2.24) is 0 Å². The van der Waals surface area contributed by atoms with Crippen LogP contribution in [0.3, 0.4) is 0 Å². The molecule has 1 aliphatic rings. The SMILES string of the molecule is CCCCCCCC[C]1C(=O)c2ccccc2C1=O. The highest BCUT2D eigenvalue weighted by atomic mass is 16.2. The highest BCUT2D eigenvalue weighted by Crippen LogP contribution is 2.31. The van der Waals surface area contributed by atoms with Crippen LogP contribution < -0.4 is 0 Å². The van der Waals surface area contributed by atoms with Gasteiger partial charge in [-0.15, -0.1) is 0 Å². The Morgan fingerprint density at radius 1 is 0.789 bits per heavy atom. The number of carbonyl (C=O) groups is 2. The van der Waals surface area contributed by atoms with Crippen LogP contribution in [0.15, 0.2) is 24.3 Å². The van der Waals surface area contributed by atoms with Gasteiger partial charge in [0.2, 0.25) is 0 Å². The van der Waals surface area contributed by atoms with E-state index in [9.17, 15) is 9.59 Å². The molecule has 0 N–H and O–H groups in total. The predicted octanol–water partition coefficient (Wildman–Crippen LogP) is 4.39. The fraction of sp³-hybridized carbons (Fsp3) is 0.471. The average molecular weight is 257 g/mol. The molecule has 0 bridgehead atoms. The second-order valence-electron chi connectivity index (χ2n) is 5.20. The van der Waals surface area contributed by atoms with Crippen LogP contribution in [0.1, 0.15) is 72.6 Å². The third-order valence-electron chi connectivity index (χ3n) is 3.74. The summed E-state index contributed by atoms with van der Waals surface area (Å²) in [6.07, 6.45) is 7.68. The lowest BCUT2D eigenvalue weighted by atomic mass is 9.96. The monoisotopic (exact) mass is 257 g/mol. The summed E-state index contributed by atoms with van der Waals surface area (Å²) in [5.41, 5.74) is 1.18. The lowest BCUT2D eigenvalue weighted by Gasteiger charge is -2.05. The van der Waals surface area contributed by atoms with E-state index in [1.54, 1.807) is 12.1 Å². The molecule has 0 heterocycles. The van der Waals surface area contributed by atoms with Crippen LogP contribution in [0.25, 0.3) is 0 Å². The summed E-state index contributed by atoms with van der Waals surface area (Å²) < 4.78 is 0. The van der Waals surface area contributed by atoms with Gasteiger partial charge in [0.1, 0.15) is 5.92 Å². The number of hydrogen-bond acceptors (Lipinski definition) is 2. The third kappa shape index (κ3) is 3.12. The molecule has 2 rings (SSSR count). The topological polar surface area (TPSA) is 34.1 Å². The Labute approximate surface area is 115 Å². The Kier molecular flexibility index (Phi) is 4.89. The Morgan fingerprint density at radius 2 is 1.32 bits per heavy atom. The summed E-state index contributed by atoms with van der Waals surface area (Å²) in [5.74, 6) is 0.403. The number of Topliss-reactive ketones (excluding diaryl/α,β-unsaturated/α-hetero) is 2. The third-order valence-corrected chi connectivity index (χ3v) is 3.74.